The van der Waals surface area contributed by atoms with E-state index in [2.05, 4.69) is 12.1 Å². The molecule has 2 N–H and O–H groups in total. The van der Waals surface area contributed by atoms with Crippen molar-refractivity contribution in [2.45, 2.75) is 38.2 Å². The van der Waals surface area contributed by atoms with Crippen molar-refractivity contribution in [1.29, 1.82) is 0 Å². The molecule has 1 aliphatic carbocycles. The SMILES string of the molecule is O=C(O)C1C(O)CCCC1CCc1ccccc1. The van der Waals surface area contributed by atoms with Crippen molar-refractivity contribution in [2.24, 2.45) is 11.8 Å². The Morgan fingerprint density at radius 1 is 1.22 bits per heavy atom. The van der Waals surface area contributed by atoms with Crippen LogP contribution in [0, 0.1) is 11.8 Å². The van der Waals surface area contributed by atoms with Crippen LogP contribution in [0.4, 0.5) is 0 Å². The summed E-state index contributed by atoms with van der Waals surface area (Å²) in [5, 5.41) is 19.0. The molecule has 3 heteroatoms. The quantitative estimate of drug-likeness (QED) is 0.860. The van der Waals surface area contributed by atoms with Crippen molar-refractivity contribution < 1.29 is 15.0 Å². The minimum Gasteiger partial charge on any atom is -0.481 e. The summed E-state index contributed by atoms with van der Waals surface area (Å²) in [6, 6.07) is 10.1. The third-order valence-corrected chi connectivity index (χ3v) is 3.93. The van der Waals surface area contributed by atoms with Gasteiger partial charge in [-0.05, 0) is 37.2 Å². The molecule has 0 heterocycles. The number of carbonyl (C=O) groups is 1. The first-order chi connectivity index (χ1) is 8.68. The Morgan fingerprint density at radius 3 is 2.61 bits per heavy atom. The molecule has 1 aliphatic rings. The molecule has 0 radical (unpaired) electrons. The molecule has 0 bridgehead atoms. The number of aliphatic carboxylic acids is 1. The zero-order valence-electron chi connectivity index (χ0n) is 10.5. The van der Waals surface area contributed by atoms with E-state index in [1.165, 1.54) is 5.56 Å². The zero-order chi connectivity index (χ0) is 13.0. The van der Waals surface area contributed by atoms with Crippen molar-refractivity contribution in [3.05, 3.63) is 35.9 Å². The molecule has 0 aliphatic heterocycles. The van der Waals surface area contributed by atoms with Crippen LogP contribution in [0.2, 0.25) is 0 Å². The number of carboxylic acid groups (broad SMARTS) is 1. The molecule has 1 saturated carbocycles. The second-order valence-corrected chi connectivity index (χ2v) is 5.15. The van der Waals surface area contributed by atoms with E-state index < -0.39 is 18.0 Å². The third kappa shape index (κ3) is 3.10. The van der Waals surface area contributed by atoms with Crippen LogP contribution in [-0.2, 0) is 11.2 Å². The topological polar surface area (TPSA) is 57.5 Å². The fourth-order valence-corrected chi connectivity index (χ4v) is 2.95. The van der Waals surface area contributed by atoms with E-state index in [0.29, 0.717) is 6.42 Å². The lowest BCUT2D eigenvalue weighted by Gasteiger charge is -2.32. The van der Waals surface area contributed by atoms with Crippen molar-refractivity contribution in [3.8, 4) is 0 Å². The fraction of sp³-hybridized carbons (Fsp3) is 0.533. The van der Waals surface area contributed by atoms with E-state index in [1.54, 1.807) is 0 Å². The summed E-state index contributed by atoms with van der Waals surface area (Å²) in [5.74, 6) is -1.32. The van der Waals surface area contributed by atoms with Gasteiger partial charge in [0.25, 0.3) is 0 Å². The number of aryl methyl sites for hydroxylation is 1. The lowest BCUT2D eigenvalue weighted by molar-refractivity contribution is -0.150. The van der Waals surface area contributed by atoms with E-state index in [-0.39, 0.29) is 5.92 Å². The van der Waals surface area contributed by atoms with Gasteiger partial charge in [-0.15, -0.1) is 0 Å². The number of benzene rings is 1. The van der Waals surface area contributed by atoms with E-state index in [4.69, 9.17) is 0 Å². The summed E-state index contributed by atoms with van der Waals surface area (Å²) < 4.78 is 0. The highest BCUT2D eigenvalue weighted by Gasteiger charge is 2.36. The molecule has 1 fully saturated rings. The molecule has 3 unspecified atom stereocenters. The van der Waals surface area contributed by atoms with Crippen molar-refractivity contribution in [3.63, 3.8) is 0 Å². The number of hydrogen-bond acceptors (Lipinski definition) is 2. The summed E-state index contributed by atoms with van der Waals surface area (Å²) in [5.41, 5.74) is 1.24. The maximum atomic E-state index is 11.2. The third-order valence-electron chi connectivity index (χ3n) is 3.93. The molecular formula is C15H20O3. The summed E-state index contributed by atoms with van der Waals surface area (Å²) in [4.78, 5) is 11.2. The molecule has 3 nitrogen and oxygen atoms in total. The number of aliphatic hydroxyl groups excluding tert-OH is 1. The average molecular weight is 248 g/mol. The second-order valence-electron chi connectivity index (χ2n) is 5.15. The van der Waals surface area contributed by atoms with Gasteiger partial charge in [0.05, 0.1) is 12.0 Å². The molecule has 0 spiro atoms. The van der Waals surface area contributed by atoms with E-state index in [0.717, 1.165) is 25.7 Å². The van der Waals surface area contributed by atoms with Crippen LogP contribution in [-0.4, -0.2) is 22.3 Å². The Hall–Kier alpha value is -1.35. The van der Waals surface area contributed by atoms with Crippen LogP contribution in [0.3, 0.4) is 0 Å². The lowest BCUT2D eigenvalue weighted by Crippen LogP contribution is -2.38. The van der Waals surface area contributed by atoms with Crippen LogP contribution >= 0.6 is 0 Å². The molecule has 0 saturated heterocycles. The number of rotatable bonds is 4. The first kappa shape index (κ1) is 13.1. The molecule has 3 atom stereocenters. The maximum Gasteiger partial charge on any atom is 0.309 e. The molecule has 1 aromatic rings. The summed E-state index contributed by atoms with van der Waals surface area (Å²) >= 11 is 0. The monoisotopic (exact) mass is 248 g/mol. The number of aliphatic hydroxyl groups is 1. The van der Waals surface area contributed by atoms with Crippen LogP contribution in [0.1, 0.15) is 31.2 Å². The van der Waals surface area contributed by atoms with Crippen LogP contribution < -0.4 is 0 Å². The minimum atomic E-state index is -0.847. The van der Waals surface area contributed by atoms with Gasteiger partial charge in [-0.1, -0.05) is 36.8 Å². The first-order valence-corrected chi connectivity index (χ1v) is 6.63. The van der Waals surface area contributed by atoms with Gasteiger partial charge >= 0.3 is 5.97 Å². The van der Waals surface area contributed by atoms with Gasteiger partial charge in [0, 0.05) is 0 Å². The molecule has 0 amide bonds. The van der Waals surface area contributed by atoms with Crippen molar-refractivity contribution >= 4 is 5.97 Å². The summed E-state index contributed by atoms with van der Waals surface area (Å²) in [7, 11) is 0. The zero-order valence-corrected chi connectivity index (χ0v) is 10.5. The predicted octanol–water partition coefficient (Wildman–Crippen LogP) is 2.48. The molecule has 2 rings (SSSR count). The molecular weight excluding hydrogens is 228 g/mol. The maximum absolute atomic E-state index is 11.2. The summed E-state index contributed by atoms with van der Waals surface area (Å²) in [6.45, 7) is 0. The van der Waals surface area contributed by atoms with E-state index >= 15 is 0 Å². The Kier molecular flexibility index (Phi) is 4.37. The average Bonchev–Trinajstić information content (AvgIpc) is 2.37. The molecule has 98 valence electrons. The fourth-order valence-electron chi connectivity index (χ4n) is 2.95. The lowest BCUT2D eigenvalue weighted by atomic mass is 9.75. The van der Waals surface area contributed by atoms with E-state index in [1.807, 2.05) is 18.2 Å². The van der Waals surface area contributed by atoms with Crippen LogP contribution in [0.25, 0.3) is 0 Å². The van der Waals surface area contributed by atoms with Crippen molar-refractivity contribution in [1.82, 2.24) is 0 Å². The highest BCUT2D eigenvalue weighted by molar-refractivity contribution is 5.71. The van der Waals surface area contributed by atoms with Gasteiger partial charge < -0.3 is 10.2 Å². The van der Waals surface area contributed by atoms with Gasteiger partial charge in [-0.2, -0.15) is 0 Å². The Balaban J connectivity index is 1.96. The number of carboxylic acids is 1. The normalized spacial score (nSPS) is 27.9. The Labute approximate surface area is 107 Å². The van der Waals surface area contributed by atoms with Gasteiger partial charge in [0.1, 0.15) is 0 Å². The highest BCUT2D eigenvalue weighted by Crippen LogP contribution is 2.33. The smallest absolute Gasteiger partial charge is 0.309 e. The van der Waals surface area contributed by atoms with Crippen LogP contribution in [0.5, 0.6) is 0 Å². The second kappa shape index (κ2) is 6.01. The van der Waals surface area contributed by atoms with Crippen molar-refractivity contribution in [2.75, 3.05) is 0 Å². The largest absolute Gasteiger partial charge is 0.481 e. The van der Waals surface area contributed by atoms with E-state index in [9.17, 15) is 15.0 Å². The first-order valence-electron chi connectivity index (χ1n) is 6.63. The number of hydrogen-bond donors (Lipinski definition) is 2. The minimum absolute atomic E-state index is 0.103. The molecule has 1 aromatic carbocycles. The van der Waals surface area contributed by atoms with Gasteiger partial charge in [-0.25, -0.2) is 0 Å². The molecule has 0 aromatic heterocycles. The Morgan fingerprint density at radius 2 is 1.94 bits per heavy atom. The van der Waals surface area contributed by atoms with Crippen LogP contribution in [0.15, 0.2) is 30.3 Å². The standard InChI is InChI=1S/C15H20O3/c16-13-8-4-7-12(14(13)15(17)18)10-9-11-5-2-1-3-6-11/h1-3,5-6,12-14,16H,4,7-10H2,(H,17,18). The highest BCUT2D eigenvalue weighted by atomic mass is 16.4. The predicted molar refractivity (Wildman–Crippen MR) is 69.2 cm³/mol. The van der Waals surface area contributed by atoms with Gasteiger partial charge in [0.2, 0.25) is 0 Å². The summed E-state index contributed by atoms with van der Waals surface area (Å²) in [6.07, 6.45) is 3.54. The van der Waals surface area contributed by atoms with Gasteiger partial charge in [-0.3, -0.25) is 4.79 Å². The van der Waals surface area contributed by atoms with Gasteiger partial charge in [0.15, 0.2) is 0 Å². The molecule has 18 heavy (non-hydrogen) atoms. The Bertz CT molecular complexity index is 388.